The van der Waals surface area contributed by atoms with Gasteiger partial charge in [-0.25, -0.2) is 4.98 Å². The summed E-state index contributed by atoms with van der Waals surface area (Å²) in [5.74, 6) is -2.04. The lowest BCUT2D eigenvalue weighted by Gasteiger charge is -2.29. The zero-order chi connectivity index (χ0) is 22.4. The van der Waals surface area contributed by atoms with E-state index in [0.717, 1.165) is 18.9 Å². The highest BCUT2D eigenvalue weighted by molar-refractivity contribution is 6.00. The summed E-state index contributed by atoms with van der Waals surface area (Å²) in [6.07, 6.45) is -1.83. The van der Waals surface area contributed by atoms with E-state index in [4.69, 9.17) is 4.74 Å². The van der Waals surface area contributed by atoms with Crippen molar-refractivity contribution in [3.63, 3.8) is 0 Å². The molecule has 1 aliphatic carbocycles. The molecule has 1 heterocycles. The van der Waals surface area contributed by atoms with Crippen LogP contribution in [0.5, 0.6) is 0 Å². The van der Waals surface area contributed by atoms with E-state index in [1.807, 2.05) is 18.2 Å². The Morgan fingerprint density at radius 3 is 2.32 bits per heavy atom. The number of hydrogen-bond donors (Lipinski definition) is 0. The number of halogens is 3. The molecule has 166 valence electrons. The Balaban J connectivity index is 1.72. The molecule has 2 aromatic rings. The first kappa shape index (κ1) is 23.0. The molecular formula is C24H26F3NO3. The Bertz CT molecular complexity index is 890. The van der Waals surface area contributed by atoms with Crippen LogP contribution in [-0.4, -0.2) is 23.3 Å². The van der Waals surface area contributed by atoms with Crippen molar-refractivity contribution in [1.29, 1.82) is 0 Å². The number of carbonyl (C=O) groups is 2. The van der Waals surface area contributed by atoms with E-state index in [2.05, 4.69) is 17.1 Å². The fraction of sp³-hybridized carbons (Fsp3) is 0.458. The zero-order valence-corrected chi connectivity index (χ0v) is 17.4. The topological polar surface area (TPSA) is 56.3 Å². The highest BCUT2D eigenvalue weighted by Gasteiger charge is 2.37. The summed E-state index contributed by atoms with van der Waals surface area (Å²) in [6, 6.07) is 13.6. The monoisotopic (exact) mass is 433 g/mol. The first-order valence-corrected chi connectivity index (χ1v) is 10.6. The average Bonchev–Trinajstić information content (AvgIpc) is 2.77. The molecule has 1 unspecified atom stereocenters. The van der Waals surface area contributed by atoms with Gasteiger partial charge in [-0.1, -0.05) is 36.4 Å². The van der Waals surface area contributed by atoms with Crippen molar-refractivity contribution in [3.05, 3.63) is 65.5 Å². The summed E-state index contributed by atoms with van der Waals surface area (Å²) in [4.78, 5) is 29.3. The number of pyridine rings is 1. The van der Waals surface area contributed by atoms with Crippen LogP contribution in [0, 0.1) is 11.8 Å². The lowest BCUT2D eigenvalue weighted by Crippen LogP contribution is -2.35. The third-order valence-corrected chi connectivity index (χ3v) is 5.83. The molecule has 4 nitrogen and oxygen atoms in total. The summed E-state index contributed by atoms with van der Waals surface area (Å²) in [5.41, 5.74) is 0.256. The third-order valence-electron chi connectivity index (χ3n) is 5.83. The van der Waals surface area contributed by atoms with Crippen LogP contribution in [0.2, 0.25) is 0 Å². The van der Waals surface area contributed by atoms with Gasteiger partial charge in [-0.05, 0) is 56.2 Å². The van der Waals surface area contributed by atoms with Crippen molar-refractivity contribution in [2.75, 3.05) is 6.61 Å². The number of rotatable bonds is 7. The number of aromatic nitrogens is 1. The van der Waals surface area contributed by atoms with Gasteiger partial charge in [0.25, 0.3) is 0 Å². The minimum Gasteiger partial charge on any atom is -0.465 e. The standard InChI is InChI=1S/C24H26F3NO3/c1-2-31-23(30)20(15-19-9-6-10-21(28-19)24(25,26)27)22(29)18-13-11-17(12-14-18)16-7-4-3-5-8-16/h3-10,17-18,20H,2,11-15H2,1H3/t17-,18-,20?. The van der Waals surface area contributed by atoms with Gasteiger partial charge in [-0.2, -0.15) is 13.2 Å². The van der Waals surface area contributed by atoms with Gasteiger partial charge in [-0.15, -0.1) is 0 Å². The van der Waals surface area contributed by atoms with Crippen LogP contribution in [-0.2, 0) is 26.9 Å². The molecule has 0 N–H and O–H groups in total. The van der Waals surface area contributed by atoms with E-state index < -0.39 is 23.8 Å². The van der Waals surface area contributed by atoms with Gasteiger partial charge in [-0.3, -0.25) is 9.59 Å². The molecule has 3 rings (SSSR count). The maximum Gasteiger partial charge on any atom is 0.433 e. The van der Waals surface area contributed by atoms with E-state index in [1.165, 1.54) is 17.7 Å². The minimum atomic E-state index is -4.59. The number of esters is 1. The second kappa shape index (κ2) is 10.1. The second-order valence-corrected chi connectivity index (χ2v) is 7.88. The maximum absolute atomic E-state index is 13.2. The highest BCUT2D eigenvalue weighted by atomic mass is 19.4. The Morgan fingerprint density at radius 1 is 1.03 bits per heavy atom. The Labute approximate surface area is 179 Å². The molecule has 0 bridgehead atoms. The molecule has 1 fully saturated rings. The second-order valence-electron chi connectivity index (χ2n) is 7.88. The predicted molar refractivity (Wildman–Crippen MR) is 109 cm³/mol. The molecule has 0 radical (unpaired) electrons. The number of ketones is 1. The smallest absolute Gasteiger partial charge is 0.433 e. The zero-order valence-electron chi connectivity index (χ0n) is 17.4. The molecule has 0 saturated heterocycles. The van der Waals surface area contributed by atoms with Gasteiger partial charge in [0.1, 0.15) is 11.6 Å². The Morgan fingerprint density at radius 2 is 1.71 bits per heavy atom. The SMILES string of the molecule is CCOC(=O)C(Cc1cccc(C(F)(F)F)n1)C(=O)[C@H]1CC[C@H](c2ccccc2)CC1. The third kappa shape index (κ3) is 5.93. The first-order chi connectivity index (χ1) is 14.8. The lowest BCUT2D eigenvalue weighted by atomic mass is 9.74. The molecule has 0 amide bonds. The Hall–Kier alpha value is -2.70. The predicted octanol–water partition coefficient (Wildman–Crippen LogP) is 5.37. The van der Waals surface area contributed by atoms with E-state index >= 15 is 0 Å². The maximum atomic E-state index is 13.2. The minimum absolute atomic E-state index is 0.0548. The van der Waals surface area contributed by atoms with Crippen molar-refractivity contribution < 1.29 is 27.5 Å². The quantitative estimate of drug-likeness (QED) is 0.435. The summed E-state index contributed by atoms with van der Waals surface area (Å²) in [7, 11) is 0. The first-order valence-electron chi connectivity index (χ1n) is 10.6. The van der Waals surface area contributed by atoms with Crippen molar-refractivity contribution in [2.45, 2.75) is 51.1 Å². The van der Waals surface area contributed by atoms with E-state index in [9.17, 15) is 22.8 Å². The molecular weight excluding hydrogens is 407 g/mol. The van der Waals surface area contributed by atoms with Crippen molar-refractivity contribution in [2.24, 2.45) is 11.8 Å². The lowest BCUT2D eigenvalue weighted by molar-refractivity contribution is -0.152. The van der Waals surface area contributed by atoms with Crippen LogP contribution >= 0.6 is 0 Å². The van der Waals surface area contributed by atoms with Crippen molar-refractivity contribution in [1.82, 2.24) is 4.98 Å². The molecule has 1 aliphatic rings. The number of benzene rings is 1. The van der Waals surface area contributed by atoms with Gasteiger partial charge in [0.2, 0.25) is 0 Å². The van der Waals surface area contributed by atoms with E-state index in [-0.39, 0.29) is 30.4 Å². The summed E-state index contributed by atoms with van der Waals surface area (Å²) in [6.45, 7) is 1.73. The fourth-order valence-corrected chi connectivity index (χ4v) is 4.22. The number of carbonyl (C=O) groups excluding carboxylic acids is 2. The number of nitrogens with zero attached hydrogens (tertiary/aromatic N) is 1. The van der Waals surface area contributed by atoms with Gasteiger partial charge in [0, 0.05) is 18.0 Å². The van der Waals surface area contributed by atoms with Crippen LogP contribution in [0.15, 0.2) is 48.5 Å². The molecule has 1 atom stereocenters. The number of Topliss-reactive ketones (excluding diaryl/α,β-unsaturated/α-hetero) is 1. The molecule has 31 heavy (non-hydrogen) atoms. The molecule has 1 aromatic heterocycles. The fourth-order valence-electron chi connectivity index (χ4n) is 4.22. The van der Waals surface area contributed by atoms with Crippen molar-refractivity contribution in [3.8, 4) is 0 Å². The van der Waals surface area contributed by atoms with Gasteiger partial charge >= 0.3 is 12.1 Å². The van der Waals surface area contributed by atoms with Crippen LogP contribution in [0.3, 0.4) is 0 Å². The molecule has 1 saturated carbocycles. The molecule has 0 spiro atoms. The summed E-state index contributed by atoms with van der Waals surface area (Å²) < 4.78 is 44.0. The molecule has 7 heteroatoms. The molecule has 1 aromatic carbocycles. The summed E-state index contributed by atoms with van der Waals surface area (Å²) in [5, 5.41) is 0. The highest BCUT2D eigenvalue weighted by Crippen LogP contribution is 2.37. The number of alkyl halides is 3. The average molecular weight is 433 g/mol. The largest absolute Gasteiger partial charge is 0.465 e. The van der Waals surface area contributed by atoms with Crippen LogP contribution in [0.25, 0.3) is 0 Å². The number of ether oxygens (including phenoxy) is 1. The molecule has 0 aliphatic heterocycles. The van der Waals surface area contributed by atoms with Gasteiger partial charge < -0.3 is 4.74 Å². The normalized spacial score (nSPS) is 20.1. The van der Waals surface area contributed by atoms with E-state index in [1.54, 1.807) is 6.92 Å². The van der Waals surface area contributed by atoms with Gasteiger partial charge in [0.15, 0.2) is 5.78 Å². The van der Waals surface area contributed by atoms with Crippen molar-refractivity contribution >= 4 is 11.8 Å². The van der Waals surface area contributed by atoms with Crippen LogP contribution in [0.4, 0.5) is 13.2 Å². The van der Waals surface area contributed by atoms with Gasteiger partial charge in [0.05, 0.1) is 6.61 Å². The summed E-state index contributed by atoms with van der Waals surface area (Å²) >= 11 is 0. The Kier molecular flexibility index (Phi) is 7.46. The van der Waals surface area contributed by atoms with Crippen LogP contribution < -0.4 is 0 Å². The van der Waals surface area contributed by atoms with Crippen LogP contribution in [0.1, 0.15) is 55.5 Å². The van der Waals surface area contributed by atoms with E-state index in [0.29, 0.717) is 18.8 Å². The number of hydrogen-bond acceptors (Lipinski definition) is 4.